The van der Waals surface area contributed by atoms with E-state index in [4.69, 9.17) is 10.00 Å². The molecule has 2 aromatic carbocycles. The Hall–Kier alpha value is -3.66. The largest absolute Gasteiger partial charge is 0.467 e. The number of hydrogen-bond acceptors (Lipinski definition) is 5. The highest BCUT2D eigenvalue weighted by molar-refractivity contribution is 5.98. The first kappa shape index (κ1) is 19.7. The normalized spacial score (nSPS) is 11.0. The summed E-state index contributed by atoms with van der Waals surface area (Å²) >= 11 is 0. The van der Waals surface area contributed by atoms with Gasteiger partial charge in [-0.25, -0.2) is 4.79 Å². The van der Waals surface area contributed by atoms with Crippen molar-refractivity contribution in [3.8, 4) is 6.07 Å². The van der Waals surface area contributed by atoms with Crippen molar-refractivity contribution in [3.63, 3.8) is 0 Å². The third-order valence-electron chi connectivity index (χ3n) is 3.76. The lowest BCUT2D eigenvalue weighted by molar-refractivity contribution is -0.142. The zero-order valence-corrected chi connectivity index (χ0v) is 15.0. The van der Waals surface area contributed by atoms with E-state index in [2.05, 4.69) is 10.6 Å². The minimum Gasteiger partial charge on any atom is -0.467 e. The molecule has 2 aromatic rings. The fourth-order valence-electron chi connectivity index (χ4n) is 2.47. The molecule has 0 bridgehead atoms. The number of carbonyl (C=O) groups excluding carboxylic acids is 3. The maximum absolute atomic E-state index is 12.5. The van der Waals surface area contributed by atoms with Crippen molar-refractivity contribution >= 4 is 23.5 Å². The summed E-state index contributed by atoms with van der Waals surface area (Å²) in [7, 11) is 1.25. The van der Waals surface area contributed by atoms with E-state index in [9.17, 15) is 14.4 Å². The van der Waals surface area contributed by atoms with Crippen LogP contribution < -0.4 is 10.6 Å². The van der Waals surface area contributed by atoms with Gasteiger partial charge in [-0.2, -0.15) is 5.26 Å². The number of nitrogens with one attached hydrogen (secondary N) is 2. The quantitative estimate of drug-likeness (QED) is 0.762. The van der Waals surface area contributed by atoms with E-state index in [1.165, 1.54) is 20.1 Å². The predicted octanol–water partition coefficient (Wildman–Crippen LogP) is 2.03. The maximum atomic E-state index is 12.5. The van der Waals surface area contributed by atoms with E-state index >= 15 is 0 Å². The van der Waals surface area contributed by atoms with Crippen LogP contribution in [-0.4, -0.2) is 30.9 Å². The van der Waals surface area contributed by atoms with Crippen LogP contribution in [0.25, 0.3) is 0 Å². The van der Waals surface area contributed by atoms with Crippen LogP contribution in [0.2, 0.25) is 0 Å². The summed E-state index contributed by atoms with van der Waals surface area (Å²) < 4.78 is 4.78. The second kappa shape index (κ2) is 9.15. The van der Waals surface area contributed by atoms with E-state index in [-0.39, 0.29) is 12.3 Å². The lowest BCUT2D eigenvalue weighted by Gasteiger charge is -2.17. The highest BCUT2D eigenvalue weighted by atomic mass is 16.5. The Balaban J connectivity index is 2.15. The van der Waals surface area contributed by atoms with Crippen LogP contribution in [0, 0.1) is 11.3 Å². The minimum absolute atomic E-state index is 0.218. The zero-order valence-electron chi connectivity index (χ0n) is 15.0. The molecule has 0 fully saturated rings. The van der Waals surface area contributed by atoms with Crippen molar-refractivity contribution in [2.45, 2.75) is 19.4 Å². The number of amides is 2. The SMILES string of the molecule is COC(=O)[C@H](Cc1ccc(C#N)cc1)NC(=O)c1cccc(NC(C)=O)c1. The standard InChI is InChI=1S/C20H19N3O4/c1-13(24)22-17-5-3-4-16(11-17)19(25)23-18(20(26)27-2)10-14-6-8-15(12-21)9-7-14/h3-9,11,18H,10H2,1-2H3,(H,22,24)(H,23,25)/t18-/m0/s1. The number of anilines is 1. The number of methoxy groups -OCH3 is 1. The van der Waals surface area contributed by atoms with Crippen molar-refractivity contribution in [2.75, 3.05) is 12.4 Å². The molecule has 2 rings (SSSR count). The van der Waals surface area contributed by atoms with E-state index in [1.807, 2.05) is 6.07 Å². The molecule has 0 spiro atoms. The fraction of sp³-hybridized carbons (Fsp3) is 0.200. The van der Waals surface area contributed by atoms with E-state index in [1.54, 1.807) is 42.5 Å². The maximum Gasteiger partial charge on any atom is 0.328 e. The fourth-order valence-corrected chi connectivity index (χ4v) is 2.47. The van der Waals surface area contributed by atoms with Gasteiger partial charge in [-0.05, 0) is 35.9 Å². The van der Waals surface area contributed by atoms with Gasteiger partial charge in [0, 0.05) is 24.6 Å². The first-order valence-corrected chi connectivity index (χ1v) is 8.18. The zero-order chi connectivity index (χ0) is 19.8. The number of hydrogen-bond donors (Lipinski definition) is 2. The molecule has 0 aromatic heterocycles. The summed E-state index contributed by atoms with van der Waals surface area (Å²) in [5.41, 5.74) is 2.07. The number of esters is 1. The van der Waals surface area contributed by atoms with Crippen LogP contribution in [0.15, 0.2) is 48.5 Å². The molecule has 0 aliphatic carbocycles. The van der Waals surface area contributed by atoms with Gasteiger partial charge in [0.1, 0.15) is 6.04 Å². The van der Waals surface area contributed by atoms with E-state index in [0.717, 1.165) is 5.56 Å². The number of ether oxygens (including phenoxy) is 1. The summed E-state index contributed by atoms with van der Waals surface area (Å²) in [6, 6.07) is 14.2. The van der Waals surface area contributed by atoms with Crippen molar-refractivity contribution in [1.82, 2.24) is 5.32 Å². The molecule has 0 heterocycles. The molecule has 0 aliphatic heterocycles. The van der Waals surface area contributed by atoms with Gasteiger partial charge in [-0.3, -0.25) is 9.59 Å². The number of nitriles is 1. The summed E-state index contributed by atoms with van der Waals surface area (Å²) in [6.45, 7) is 1.37. The molecule has 0 saturated carbocycles. The molecule has 0 unspecified atom stereocenters. The Bertz CT molecular complexity index is 885. The van der Waals surface area contributed by atoms with Crippen LogP contribution in [0.1, 0.15) is 28.4 Å². The van der Waals surface area contributed by atoms with Crippen LogP contribution in [0.5, 0.6) is 0 Å². The Morgan fingerprint density at radius 3 is 2.44 bits per heavy atom. The number of nitrogens with zero attached hydrogens (tertiary/aromatic N) is 1. The molecule has 2 N–H and O–H groups in total. The highest BCUT2D eigenvalue weighted by Crippen LogP contribution is 2.12. The van der Waals surface area contributed by atoms with E-state index in [0.29, 0.717) is 16.8 Å². The van der Waals surface area contributed by atoms with Gasteiger partial charge in [0.15, 0.2) is 0 Å². The van der Waals surface area contributed by atoms with Gasteiger partial charge >= 0.3 is 5.97 Å². The van der Waals surface area contributed by atoms with Crippen molar-refractivity contribution in [3.05, 3.63) is 65.2 Å². The highest BCUT2D eigenvalue weighted by Gasteiger charge is 2.22. The molecule has 7 heteroatoms. The molecule has 0 aliphatic rings. The average molecular weight is 365 g/mol. The first-order chi connectivity index (χ1) is 12.9. The first-order valence-electron chi connectivity index (χ1n) is 8.18. The second-order valence-corrected chi connectivity index (χ2v) is 5.82. The molecular formula is C20H19N3O4. The molecular weight excluding hydrogens is 346 g/mol. The summed E-state index contributed by atoms with van der Waals surface area (Å²) in [5, 5.41) is 14.1. The third kappa shape index (κ3) is 5.68. The second-order valence-electron chi connectivity index (χ2n) is 5.82. The van der Waals surface area contributed by atoms with Crippen LogP contribution in [0.4, 0.5) is 5.69 Å². The van der Waals surface area contributed by atoms with Crippen molar-refractivity contribution in [1.29, 1.82) is 5.26 Å². The summed E-state index contributed by atoms with van der Waals surface area (Å²) in [5.74, 6) is -1.29. The van der Waals surface area contributed by atoms with Crippen LogP contribution in [-0.2, 0) is 20.7 Å². The monoisotopic (exact) mass is 365 g/mol. The van der Waals surface area contributed by atoms with E-state index < -0.39 is 17.9 Å². The lowest BCUT2D eigenvalue weighted by Crippen LogP contribution is -2.43. The Labute approximate surface area is 156 Å². The smallest absolute Gasteiger partial charge is 0.328 e. The minimum atomic E-state index is -0.889. The number of benzene rings is 2. The predicted molar refractivity (Wildman–Crippen MR) is 98.9 cm³/mol. The van der Waals surface area contributed by atoms with Gasteiger partial charge in [0.05, 0.1) is 18.7 Å². The Morgan fingerprint density at radius 1 is 1.15 bits per heavy atom. The third-order valence-corrected chi connectivity index (χ3v) is 3.76. The molecule has 7 nitrogen and oxygen atoms in total. The summed E-state index contributed by atoms with van der Waals surface area (Å²) in [6.07, 6.45) is 0.218. The van der Waals surface area contributed by atoms with Crippen molar-refractivity contribution < 1.29 is 19.1 Å². The lowest BCUT2D eigenvalue weighted by atomic mass is 10.0. The van der Waals surface area contributed by atoms with Gasteiger partial charge in [-0.1, -0.05) is 18.2 Å². The van der Waals surface area contributed by atoms with Gasteiger partial charge < -0.3 is 15.4 Å². The van der Waals surface area contributed by atoms with Gasteiger partial charge in [-0.15, -0.1) is 0 Å². The molecule has 0 saturated heterocycles. The Kier molecular flexibility index (Phi) is 6.67. The van der Waals surface area contributed by atoms with Crippen LogP contribution in [0.3, 0.4) is 0 Å². The number of rotatable bonds is 6. The Morgan fingerprint density at radius 2 is 1.85 bits per heavy atom. The van der Waals surface area contributed by atoms with Gasteiger partial charge in [0.25, 0.3) is 5.91 Å². The molecule has 27 heavy (non-hydrogen) atoms. The van der Waals surface area contributed by atoms with Crippen molar-refractivity contribution in [2.24, 2.45) is 0 Å². The summed E-state index contributed by atoms with van der Waals surface area (Å²) in [4.78, 5) is 35.8. The molecule has 1 atom stereocenters. The van der Waals surface area contributed by atoms with Crippen LogP contribution >= 0.6 is 0 Å². The topological polar surface area (TPSA) is 108 Å². The molecule has 138 valence electrons. The average Bonchev–Trinajstić information content (AvgIpc) is 2.67. The van der Waals surface area contributed by atoms with Gasteiger partial charge in [0.2, 0.25) is 5.91 Å². The molecule has 0 radical (unpaired) electrons. The number of carbonyl (C=O) groups is 3. The molecule has 2 amide bonds.